The van der Waals surface area contributed by atoms with Crippen molar-refractivity contribution >= 4 is 10.8 Å². The van der Waals surface area contributed by atoms with Crippen LogP contribution in [0.15, 0.2) is 30.6 Å². The van der Waals surface area contributed by atoms with Crippen LogP contribution in [0.5, 0.6) is 11.5 Å². The lowest BCUT2D eigenvalue weighted by atomic mass is 10.1. The first-order chi connectivity index (χ1) is 6.83. The maximum atomic E-state index is 5.31. The Morgan fingerprint density at radius 2 is 1.86 bits per heavy atom. The molecule has 14 heavy (non-hydrogen) atoms. The van der Waals surface area contributed by atoms with E-state index in [2.05, 4.69) is 12.3 Å². The Labute approximate surface area is 81.5 Å². The molecule has 3 nitrogen and oxygen atoms in total. The van der Waals surface area contributed by atoms with Crippen molar-refractivity contribution in [1.29, 1.82) is 0 Å². The van der Waals surface area contributed by atoms with Crippen LogP contribution < -0.4 is 14.0 Å². The van der Waals surface area contributed by atoms with Crippen LogP contribution in [-0.2, 0) is 7.05 Å². The van der Waals surface area contributed by atoms with E-state index in [0.717, 1.165) is 11.5 Å². The van der Waals surface area contributed by atoms with E-state index in [-0.39, 0.29) is 0 Å². The van der Waals surface area contributed by atoms with Crippen LogP contribution in [0.25, 0.3) is 10.8 Å². The van der Waals surface area contributed by atoms with E-state index in [9.17, 15) is 0 Å². The summed E-state index contributed by atoms with van der Waals surface area (Å²) in [7, 11) is 2.00. The minimum atomic E-state index is 0.331. The summed E-state index contributed by atoms with van der Waals surface area (Å²) in [5.41, 5.74) is 0. The molecule has 0 saturated carbocycles. The first kappa shape index (κ1) is 7.62. The second kappa shape index (κ2) is 2.61. The van der Waals surface area contributed by atoms with Gasteiger partial charge in [-0.25, -0.2) is 4.57 Å². The predicted octanol–water partition coefficient (Wildman–Crippen LogP) is 1.39. The molecule has 2 heterocycles. The number of benzene rings is 1. The molecule has 2 aromatic rings. The second-order valence-corrected chi connectivity index (χ2v) is 3.44. The molecule has 0 N–H and O–H groups in total. The largest absolute Gasteiger partial charge is 0.454 e. The fourth-order valence-electron chi connectivity index (χ4n) is 1.69. The Balaban J connectivity index is 2.33. The maximum Gasteiger partial charge on any atom is 0.231 e. The zero-order valence-electron chi connectivity index (χ0n) is 7.86. The van der Waals surface area contributed by atoms with Crippen molar-refractivity contribution in [1.82, 2.24) is 0 Å². The summed E-state index contributed by atoms with van der Waals surface area (Å²) >= 11 is 0. The standard InChI is InChI=1S/C11H10NO2/c1-12-3-2-8-4-10-11(14-7-13-10)5-9(8)6-12/h2-6H,7H2,1H3/q+1. The fourth-order valence-corrected chi connectivity index (χ4v) is 1.69. The van der Waals surface area contributed by atoms with Gasteiger partial charge in [0, 0.05) is 11.5 Å². The third-order valence-corrected chi connectivity index (χ3v) is 2.41. The lowest BCUT2D eigenvalue weighted by Gasteiger charge is -1.98. The van der Waals surface area contributed by atoms with E-state index in [1.54, 1.807) is 0 Å². The Kier molecular flexibility index (Phi) is 1.42. The zero-order chi connectivity index (χ0) is 9.54. The van der Waals surface area contributed by atoms with Crippen LogP contribution in [0.2, 0.25) is 0 Å². The summed E-state index contributed by atoms with van der Waals surface area (Å²) in [5, 5.41) is 2.34. The molecule has 0 saturated heterocycles. The van der Waals surface area contributed by atoms with Crippen LogP contribution in [-0.4, -0.2) is 6.79 Å². The summed E-state index contributed by atoms with van der Waals surface area (Å²) in [5.74, 6) is 1.68. The van der Waals surface area contributed by atoms with Crippen molar-refractivity contribution in [2.24, 2.45) is 7.05 Å². The van der Waals surface area contributed by atoms with Gasteiger partial charge in [-0.1, -0.05) is 0 Å². The molecule has 70 valence electrons. The number of fused-ring (bicyclic) bond motifs is 2. The van der Waals surface area contributed by atoms with Gasteiger partial charge in [0.1, 0.15) is 7.05 Å². The van der Waals surface area contributed by atoms with E-state index in [1.165, 1.54) is 10.8 Å². The number of hydrogen-bond acceptors (Lipinski definition) is 2. The molecule has 0 aliphatic carbocycles. The molecule has 0 bridgehead atoms. The lowest BCUT2D eigenvalue weighted by Crippen LogP contribution is -2.25. The van der Waals surface area contributed by atoms with Crippen molar-refractivity contribution in [3.63, 3.8) is 0 Å². The van der Waals surface area contributed by atoms with Crippen molar-refractivity contribution in [3.8, 4) is 11.5 Å². The van der Waals surface area contributed by atoms with E-state index in [4.69, 9.17) is 9.47 Å². The van der Waals surface area contributed by atoms with Crippen LogP contribution in [0, 0.1) is 0 Å². The Hall–Kier alpha value is -1.77. The van der Waals surface area contributed by atoms with E-state index in [0.29, 0.717) is 6.79 Å². The van der Waals surface area contributed by atoms with Crippen molar-refractivity contribution in [2.75, 3.05) is 6.79 Å². The summed E-state index contributed by atoms with van der Waals surface area (Å²) in [4.78, 5) is 0. The third-order valence-electron chi connectivity index (χ3n) is 2.41. The number of ether oxygens (including phenoxy) is 2. The highest BCUT2D eigenvalue weighted by atomic mass is 16.7. The first-order valence-electron chi connectivity index (χ1n) is 4.51. The molecule has 0 amide bonds. The molecule has 1 aromatic carbocycles. The first-order valence-corrected chi connectivity index (χ1v) is 4.51. The molecule has 0 fully saturated rings. The van der Waals surface area contributed by atoms with Crippen LogP contribution >= 0.6 is 0 Å². The van der Waals surface area contributed by atoms with Gasteiger partial charge < -0.3 is 9.47 Å². The summed E-state index contributed by atoms with van der Waals surface area (Å²) < 4.78 is 12.6. The Morgan fingerprint density at radius 3 is 2.64 bits per heavy atom. The van der Waals surface area contributed by atoms with Gasteiger partial charge >= 0.3 is 0 Å². The molecule has 3 rings (SSSR count). The molecule has 3 heteroatoms. The monoisotopic (exact) mass is 188 g/mol. The minimum absolute atomic E-state index is 0.331. The van der Waals surface area contributed by atoms with Gasteiger partial charge in [-0.3, -0.25) is 0 Å². The number of hydrogen-bond donors (Lipinski definition) is 0. The molecule has 1 aliphatic heterocycles. The predicted molar refractivity (Wildman–Crippen MR) is 51.2 cm³/mol. The van der Waals surface area contributed by atoms with Gasteiger partial charge in [0.05, 0.1) is 0 Å². The number of aromatic nitrogens is 1. The second-order valence-electron chi connectivity index (χ2n) is 3.44. The number of rotatable bonds is 0. The van der Waals surface area contributed by atoms with E-state index < -0.39 is 0 Å². The molecular formula is C11H10NO2+. The average Bonchev–Trinajstić information content (AvgIpc) is 2.61. The molecule has 0 radical (unpaired) electrons. The van der Waals surface area contributed by atoms with Crippen molar-refractivity contribution in [3.05, 3.63) is 30.6 Å². The van der Waals surface area contributed by atoms with Crippen LogP contribution in [0.3, 0.4) is 0 Å². The Morgan fingerprint density at radius 1 is 1.14 bits per heavy atom. The summed E-state index contributed by atoms with van der Waals surface area (Å²) in [6.07, 6.45) is 4.09. The topological polar surface area (TPSA) is 22.3 Å². The highest BCUT2D eigenvalue weighted by molar-refractivity contribution is 5.84. The SMILES string of the molecule is C[n+]1ccc2cc3c(cc2c1)OCO3. The molecule has 0 spiro atoms. The molecular weight excluding hydrogens is 178 g/mol. The number of nitrogens with zero attached hydrogens (tertiary/aromatic N) is 1. The smallest absolute Gasteiger partial charge is 0.231 e. The van der Waals surface area contributed by atoms with Gasteiger partial charge in [-0.15, -0.1) is 0 Å². The highest BCUT2D eigenvalue weighted by Gasteiger charge is 2.14. The quantitative estimate of drug-likeness (QED) is 0.583. The third kappa shape index (κ3) is 1.02. The van der Waals surface area contributed by atoms with Crippen LogP contribution in [0.4, 0.5) is 0 Å². The van der Waals surface area contributed by atoms with Crippen molar-refractivity contribution in [2.45, 2.75) is 0 Å². The Bertz CT molecular complexity index is 508. The molecule has 0 atom stereocenters. The average molecular weight is 188 g/mol. The van der Waals surface area contributed by atoms with Gasteiger partial charge in [0.25, 0.3) is 0 Å². The molecule has 0 unspecified atom stereocenters. The van der Waals surface area contributed by atoms with Gasteiger partial charge in [-0.05, 0) is 17.5 Å². The minimum Gasteiger partial charge on any atom is -0.454 e. The summed E-state index contributed by atoms with van der Waals surface area (Å²) in [6, 6.07) is 6.09. The van der Waals surface area contributed by atoms with Crippen LogP contribution in [0.1, 0.15) is 0 Å². The molecule has 1 aliphatic rings. The van der Waals surface area contributed by atoms with Gasteiger partial charge in [0.15, 0.2) is 23.9 Å². The number of pyridine rings is 1. The van der Waals surface area contributed by atoms with E-state index in [1.807, 2.05) is 29.9 Å². The fraction of sp³-hybridized carbons (Fsp3) is 0.182. The lowest BCUT2D eigenvalue weighted by molar-refractivity contribution is -0.670. The van der Waals surface area contributed by atoms with Gasteiger partial charge in [0.2, 0.25) is 6.79 Å². The highest BCUT2D eigenvalue weighted by Crippen LogP contribution is 2.35. The number of aryl methyl sites for hydroxylation is 1. The van der Waals surface area contributed by atoms with E-state index >= 15 is 0 Å². The van der Waals surface area contributed by atoms with Gasteiger partial charge in [-0.2, -0.15) is 0 Å². The molecule has 1 aromatic heterocycles. The normalized spacial score (nSPS) is 13.5. The zero-order valence-corrected chi connectivity index (χ0v) is 7.86. The maximum absolute atomic E-state index is 5.31. The summed E-state index contributed by atoms with van der Waals surface area (Å²) in [6.45, 7) is 0.331. The van der Waals surface area contributed by atoms with Crippen molar-refractivity contribution < 1.29 is 14.0 Å².